The molecule has 2 aromatic rings. The maximum Gasteiger partial charge on any atom is 0.416 e. The molecule has 10 heteroatoms. The Kier molecular flexibility index (Phi) is 5.79. The van der Waals surface area contributed by atoms with Gasteiger partial charge in [-0.15, -0.1) is 6.58 Å². The second-order valence-electron chi connectivity index (χ2n) is 7.69. The first-order valence-corrected chi connectivity index (χ1v) is 10.7. The number of hydrogen-bond donors (Lipinski definition) is 1. The highest BCUT2D eigenvalue weighted by Crippen LogP contribution is 2.38. The standard InChI is InChI=1S/C21H21F3N2O4S/c1-4-11-26-17-12-15(7-10-18(17)30-13-20(2,3)19(26)27)25-31(28,29)16-8-5-14(6-9-16)21(22,23)24/h4-10,12,25H,1,11,13H2,2-3H3. The summed E-state index contributed by atoms with van der Waals surface area (Å²) in [6.07, 6.45) is -3.02. The van der Waals surface area contributed by atoms with Crippen molar-refractivity contribution in [1.29, 1.82) is 0 Å². The van der Waals surface area contributed by atoms with E-state index in [0.29, 0.717) is 23.6 Å². The maximum absolute atomic E-state index is 12.9. The van der Waals surface area contributed by atoms with Gasteiger partial charge in [0.05, 0.1) is 27.2 Å². The number of fused-ring (bicyclic) bond motifs is 1. The Morgan fingerprint density at radius 3 is 2.42 bits per heavy atom. The molecule has 1 heterocycles. The second kappa shape index (κ2) is 7.92. The molecule has 0 fully saturated rings. The lowest BCUT2D eigenvalue weighted by molar-refractivity contribution is -0.137. The Labute approximate surface area is 178 Å². The van der Waals surface area contributed by atoms with Crippen LogP contribution >= 0.6 is 0 Å². The van der Waals surface area contributed by atoms with Crippen LogP contribution < -0.4 is 14.4 Å². The van der Waals surface area contributed by atoms with E-state index in [1.54, 1.807) is 19.9 Å². The van der Waals surface area contributed by atoms with Crippen molar-refractivity contribution in [3.05, 3.63) is 60.7 Å². The minimum atomic E-state index is -4.57. The minimum Gasteiger partial charge on any atom is -0.490 e. The van der Waals surface area contributed by atoms with E-state index >= 15 is 0 Å². The molecule has 0 atom stereocenters. The lowest BCUT2D eigenvalue weighted by Gasteiger charge is -2.27. The van der Waals surface area contributed by atoms with Crippen LogP contribution in [0.2, 0.25) is 0 Å². The Morgan fingerprint density at radius 2 is 1.84 bits per heavy atom. The number of alkyl halides is 3. The van der Waals surface area contributed by atoms with Crippen molar-refractivity contribution in [2.45, 2.75) is 24.9 Å². The summed E-state index contributed by atoms with van der Waals surface area (Å²) in [5.41, 5.74) is -1.26. The summed E-state index contributed by atoms with van der Waals surface area (Å²) in [4.78, 5) is 14.0. The number of ether oxygens (including phenoxy) is 1. The first kappa shape index (κ1) is 22.7. The van der Waals surface area contributed by atoms with Crippen LogP contribution in [0.4, 0.5) is 24.5 Å². The zero-order chi connectivity index (χ0) is 23.0. The predicted molar refractivity (Wildman–Crippen MR) is 111 cm³/mol. The number of anilines is 2. The van der Waals surface area contributed by atoms with Gasteiger partial charge in [0.15, 0.2) is 0 Å². The summed E-state index contributed by atoms with van der Waals surface area (Å²) in [5, 5.41) is 0. The van der Waals surface area contributed by atoms with Gasteiger partial charge in [0.1, 0.15) is 12.4 Å². The summed E-state index contributed by atoms with van der Waals surface area (Å²) in [5.74, 6) is 0.187. The number of amides is 1. The van der Waals surface area contributed by atoms with Crippen LogP contribution in [0.5, 0.6) is 5.75 Å². The lowest BCUT2D eigenvalue weighted by atomic mass is 9.93. The third kappa shape index (κ3) is 4.68. The fraction of sp³-hybridized carbons (Fsp3) is 0.286. The third-order valence-corrected chi connectivity index (χ3v) is 6.12. The average Bonchev–Trinajstić information content (AvgIpc) is 2.78. The second-order valence-corrected chi connectivity index (χ2v) is 9.37. The number of halogens is 3. The average molecular weight is 454 g/mol. The smallest absolute Gasteiger partial charge is 0.416 e. The molecule has 0 radical (unpaired) electrons. The SMILES string of the molecule is C=CCN1C(=O)C(C)(C)COc2ccc(NS(=O)(=O)c3ccc(C(F)(F)F)cc3)cc21. The van der Waals surface area contributed by atoms with Crippen molar-refractivity contribution < 1.29 is 31.1 Å². The van der Waals surface area contributed by atoms with Gasteiger partial charge in [0, 0.05) is 6.54 Å². The summed E-state index contributed by atoms with van der Waals surface area (Å²) in [6, 6.07) is 7.60. The van der Waals surface area contributed by atoms with Crippen molar-refractivity contribution in [1.82, 2.24) is 0 Å². The Bertz CT molecular complexity index is 1110. The van der Waals surface area contributed by atoms with Crippen molar-refractivity contribution in [2.75, 3.05) is 22.8 Å². The molecule has 6 nitrogen and oxygen atoms in total. The molecule has 0 saturated heterocycles. The van der Waals surface area contributed by atoms with Crippen molar-refractivity contribution in [3.63, 3.8) is 0 Å². The molecular formula is C21H21F3N2O4S. The molecule has 0 aromatic heterocycles. The Hall–Kier alpha value is -3.01. The highest BCUT2D eigenvalue weighted by molar-refractivity contribution is 7.92. The molecule has 3 rings (SSSR count). The lowest BCUT2D eigenvalue weighted by Crippen LogP contribution is -2.42. The van der Waals surface area contributed by atoms with Crippen LogP contribution in [0.3, 0.4) is 0 Å². The number of nitrogens with one attached hydrogen (secondary N) is 1. The zero-order valence-electron chi connectivity index (χ0n) is 16.9. The number of sulfonamides is 1. The molecule has 2 aromatic carbocycles. The Balaban J connectivity index is 1.94. The molecule has 1 amide bonds. The van der Waals surface area contributed by atoms with Gasteiger partial charge in [-0.2, -0.15) is 13.2 Å². The number of carbonyl (C=O) groups excluding carboxylic acids is 1. The molecule has 0 spiro atoms. The van der Waals surface area contributed by atoms with Gasteiger partial charge < -0.3 is 9.64 Å². The minimum absolute atomic E-state index is 0.129. The summed E-state index contributed by atoms with van der Waals surface area (Å²) in [6.45, 7) is 7.47. The van der Waals surface area contributed by atoms with E-state index in [1.165, 1.54) is 23.1 Å². The zero-order valence-corrected chi connectivity index (χ0v) is 17.7. The van der Waals surface area contributed by atoms with Gasteiger partial charge in [-0.25, -0.2) is 8.42 Å². The Morgan fingerprint density at radius 1 is 1.19 bits per heavy atom. The normalized spacial score (nSPS) is 16.2. The van der Waals surface area contributed by atoms with E-state index < -0.39 is 27.2 Å². The highest BCUT2D eigenvalue weighted by atomic mass is 32.2. The van der Waals surface area contributed by atoms with E-state index in [-0.39, 0.29) is 29.6 Å². The van der Waals surface area contributed by atoms with Crippen LogP contribution in [0.1, 0.15) is 19.4 Å². The number of carbonyl (C=O) groups is 1. The quantitative estimate of drug-likeness (QED) is 0.678. The number of nitrogens with zero attached hydrogens (tertiary/aromatic N) is 1. The monoisotopic (exact) mass is 454 g/mol. The van der Waals surface area contributed by atoms with Gasteiger partial charge in [0.25, 0.3) is 10.0 Å². The van der Waals surface area contributed by atoms with Crippen molar-refractivity contribution in [3.8, 4) is 5.75 Å². The number of rotatable bonds is 5. The highest BCUT2D eigenvalue weighted by Gasteiger charge is 2.37. The van der Waals surface area contributed by atoms with E-state index in [2.05, 4.69) is 11.3 Å². The van der Waals surface area contributed by atoms with E-state index in [4.69, 9.17) is 4.74 Å². The van der Waals surface area contributed by atoms with E-state index in [9.17, 15) is 26.4 Å². The van der Waals surface area contributed by atoms with Gasteiger partial charge in [-0.1, -0.05) is 6.08 Å². The van der Waals surface area contributed by atoms with Crippen molar-refractivity contribution >= 4 is 27.3 Å². The van der Waals surface area contributed by atoms with Gasteiger partial charge in [-0.05, 0) is 56.3 Å². The summed E-state index contributed by atoms with van der Waals surface area (Å²) < 4.78 is 71.6. The van der Waals surface area contributed by atoms with Crippen LogP contribution in [0.15, 0.2) is 60.0 Å². The van der Waals surface area contributed by atoms with Gasteiger partial charge in [-0.3, -0.25) is 9.52 Å². The van der Waals surface area contributed by atoms with Crippen LogP contribution in [0.25, 0.3) is 0 Å². The molecule has 1 aliphatic rings. The van der Waals surface area contributed by atoms with Gasteiger partial charge >= 0.3 is 6.18 Å². The largest absolute Gasteiger partial charge is 0.490 e. The molecule has 31 heavy (non-hydrogen) atoms. The molecule has 0 unspecified atom stereocenters. The van der Waals surface area contributed by atoms with Crippen LogP contribution in [-0.2, 0) is 21.0 Å². The van der Waals surface area contributed by atoms with Crippen molar-refractivity contribution in [2.24, 2.45) is 5.41 Å². The molecular weight excluding hydrogens is 433 g/mol. The predicted octanol–water partition coefficient (Wildman–Crippen LogP) is 4.44. The fourth-order valence-electron chi connectivity index (χ4n) is 3.06. The van der Waals surface area contributed by atoms with E-state index in [1.807, 2.05) is 0 Å². The molecule has 1 aliphatic heterocycles. The number of benzene rings is 2. The fourth-order valence-corrected chi connectivity index (χ4v) is 4.11. The first-order chi connectivity index (χ1) is 14.3. The number of hydrogen-bond acceptors (Lipinski definition) is 4. The van der Waals surface area contributed by atoms with Crippen LogP contribution in [0, 0.1) is 5.41 Å². The van der Waals surface area contributed by atoms with Crippen LogP contribution in [-0.4, -0.2) is 27.5 Å². The first-order valence-electron chi connectivity index (χ1n) is 9.25. The third-order valence-electron chi connectivity index (χ3n) is 4.72. The van der Waals surface area contributed by atoms with Gasteiger partial charge in [0.2, 0.25) is 5.91 Å². The molecule has 1 N–H and O–H groups in total. The molecule has 0 aliphatic carbocycles. The summed E-state index contributed by atoms with van der Waals surface area (Å²) in [7, 11) is -4.16. The summed E-state index contributed by atoms with van der Waals surface area (Å²) >= 11 is 0. The molecule has 0 bridgehead atoms. The molecule has 0 saturated carbocycles. The maximum atomic E-state index is 12.9. The molecule has 166 valence electrons. The topological polar surface area (TPSA) is 75.7 Å². The van der Waals surface area contributed by atoms with E-state index in [0.717, 1.165) is 12.1 Å².